The normalized spacial score (nSPS) is 16.0. The van der Waals surface area contributed by atoms with Crippen LogP contribution in [-0.2, 0) is 15.6 Å². The molecule has 172 valence electrons. The number of hydrogen-bond acceptors (Lipinski definition) is 7. The van der Waals surface area contributed by atoms with Gasteiger partial charge in [0.15, 0.2) is 11.2 Å². The number of anilines is 1. The zero-order chi connectivity index (χ0) is 23.2. The Morgan fingerprint density at radius 1 is 1.06 bits per heavy atom. The number of esters is 1. The highest BCUT2D eigenvalue weighted by Gasteiger charge is 2.29. The molecule has 9 heteroatoms. The molecule has 0 aliphatic heterocycles. The molecule has 0 saturated heterocycles. The highest BCUT2D eigenvalue weighted by Crippen LogP contribution is 2.28. The van der Waals surface area contributed by atoms with Crippen molar-refractivity contribution >= 4 is 39.1 Å². The first-order valence-corrected chi connectivity index (χ1v) is 12.7. The van der Waals surface area contributed by atoms with E-state index in [1.165, 1.54) is 30.5 Å². The molecule has 3 aromatic rings. The van der Waals surface area contributed by atoms with E-state index in [1.54, 1.807) is 12.1 Å². The summed E-state index contributed by atoms with van der Waals surface area (Å²) in [5.41, 5.74) is 0.351. The van der Waals surface area contributed by atoms with Gasteiger partial charge in [-0.3, -0.25) is 10.1 Å². The van der Waals surface area contributed by atoms with Gasteiger partial charge in [0, 0.05) is 10.5 Å². The van der Waals surface area contributed by atoms with Crippen molar-refractivity contribution < 1.29 is 23.6 Å². The summed E-state index contributed by atoms with van der Waals surface area (Å²) in [6, 6.07) is 15.1. The average molecular weight is 485 g/mol. The van der Waals surface area contributed by atoms with Crippen LogP contribution in [0.4, 0.5) is 5.13 Å². The monoisotopic (exact) mass is 484 g/mol. The van der Waals surface area contributed by atoms with Crippen LogP contribution in [-0.4, -0.2) is 32.3 Å². The average Bonchev–Trinajstić information content (AvgIpc) is 3.33. The van der Waals surface area contributed by atoms with Crippen LogP contribution in [0, 0.1) is 5.92 Å². The molecule has 1 fully saturated rings. The van der Waals surface area contributed by atoms with Crippen LogP contribution < -0.4 is 10.1 Å². The summed E-state index contributed by atoms with van der Waals surface area (Å²) in [7, 11) is -1.36. The molecule has 1 aliphatic rings. The van der Waals surface area contributed by atoms with Crippen LogP contribution in [0.15, 0.2) is 69.9 Å². The number of thiazole rings is 1. The topological polar surface area (TPSA) is 106 Å². The minimum absolute atomic E-state index is 0.0595. The van der Waals surface area contributed by atoms with E-state index in [4.69, 9.17) is 4.74 Å². The Hall–Kier alpha value is -2.88. The predicted molar refractivity (Wildman–Crippen MR) is 126 cm³/mol. The third kappa shape index (κ3) is 5.93. The molecule has 0 bridgehead atoms. The molecule has 1 unspecified atom stereocenters. The van der Waals surface area contributed by atoms with Gasteiger partial charge in [0.2, 0.25) is 0 Å². The number of ether oxygens (including phenoxy) is 1. The number of benzene rings is 2. The van der Waals surface area contributed by atoms with Crippen molar-refractivity contribution in [1.29, 1.82) is 0 Å². The first-order chi connectivity index (χ1) is 16.0. The Bertz CT molecular complexity index is 1130. The fourth-order valence-electron chi connectivity index (χ4n) is 3.73. The quantitative estimate of drug-likeness (QED) is 0.380. The summed E-state index contributed by atoms with van der Waals surface area (Å²) in [6.07, 6.45) is 5.18. The molecular formula is C24H24N2O5S2. The third-order valence-corrected chi connectivity index (χ3v) is 8.10. The molecule has 33 heavy (non-hydrogen) atoms. The number of rotatable bonds is 7. The van der Waals surface area contributed by atoms with Gasteiger partial charge >= 0.3 is 5.97 Å². The van der Waals surface area contributed by atoms with Gasteiger partial charge in [0.05, 0.1) is 17.0 Å². The van der Waals surface area contributed by atoms with E-state index >= 15 is 0 Å². The molecule has 0 spiro atoms. The van der Waals surface area contributed by atoms with Crippen LogP contribution in [0.3, 0.4) is 0 Å². The minimum Gasteiger partial charge on any atom is -0.425 e. The van der Waals surface area contributed by atoms with E-state index in [9.17, 15) is 18.9 Å². The molecule has 7 nitrogen and oxygen atoms in total. The second-order valence-electron chi connectivity index (χ2n) is 7.81. The van der Waals surface area contributed by atoms with Crippen molar-refractivity contribution in [3.05, 3.63) is 66.4 Å². The second kappa shape index (κ2) is 10.8. The van der Waals surface area contributed by atoms with Crippen molar-refractivity contribution in [2.45, 2.75) is 47.3 Å². The lowest BCUT2D eigenvalue weighted by molar-refractivity contribution is -0.147. The number of carbonyl (C=O) groups is 2. The fraction of sp³-hybridized carbons (Fsp3) is 0.292. The molecule has 1 aromatic heterocycles. The van der Waals surface area contributed by atoms with Crippen molar-refractivity contribution in [3.8, 4) is 5.75 Å². The van der Waals surface area contributed by atoms with Gasteiger partial charge in [-0.05, 0) is 55.2 Å². The number of nitrogens with one attached hydrogen (secondary N) is 1. The van der Waals surface area contributed by atoms with Crippen LogP contribution >= 0.6 is 11.3 Å². The first kappa shape index (κ1) is 23.3. The maximum atomic E-state index is 12.6. The van der Waals surface area contributed by atoms with Crippen molar-refractivity contribution in [3.63, 3.8) is 0 Å². The van der Waals surface area contributed by atoms with E-state index in [-0.39, 0.29) is 17.6 Å². The van der Waals surface area contributed by atoms with Crippen molar-refractivity contribution in [2.24, 2.45) is 5.92 Å². The molecule has 2 aromatic carbocycles. The molecule has 1 amide bonds. The lowest BCUT2D eigenvalue weighted by Crippen LogP contribution is -2.34. The summed E-state index contributed by atoms with van der Waals surface area (Å²) in [6.45, 7) is 0. The first-order valence-electron chi connectivity index (χ1n) is 10.7. The number of carbonyl (C=O) groups excluding carboxylic acids is 2. The lowest BCUT2D eigenvalue weighted by atomic mass is 9.85. The number of aliphatic hydroxyl groups is 1. The van der Waals surface area contributed by atoms with E-state index < -0.39 is 22.9 Å². The smallest absolute Gasteiger partial charge is 0.340 e. The van der Waals surface area contributed by atoms with Crippen molar-refractivity contribution in [1.82, 2.24) is 4.98 Å². The highest BCUT2D eigenvalue weighted by molar-refractivity contribution is 7.87. The molecule has 4 rings (SSSR count). The summed E-state index contributed by atoms with van der Waals surface area (Å²) in [4.78, 5) is 29.6. The fourth-order valence-corrected chi connectivity index (χ4v) is 5.88. The SMILES string of the molecule is O=C(Nc1ncc(S(=O)c2ccccc2)s1)c1ccc(OC(=O)[C@@H](O)C2CCCCC2)cc1. The van der Waals surface area contributed by atoms with Crippen molar-refractivity contribution in [2.75, 3.05) is 5.32 Å². The van der Waals surface area contributed by atoms with Gasteiger partial charge in [-0.15, -0.1) is 0 Å². The summed E-state index contributed by atoms with van der Waals surface area (Å²) in [5, 5.41) is 13.3. The molecule has 1 saturated carbocycles. The number of nitrogens with zero attached hydrogens (tertiary/aromatic N) is 1. The maximum Gasteiger partial charge on any atom is 0.340 e. The Morgan fingerprint density at radius 3 is 2.45 bits per heavy atom. The van der Waals surface area contributed by atoms with Crippen LogP contribution in [0.1, 0.15) is 42.5 Å². The van der Waals surface area contributed by atoms with Gasteiger partial charge in [0.1, 0.15) is 9.96 Å². The Labute approximate surface area is 198 Å². The molecule has 2 atom stereocenters. The molecule has 1 aliphatic carbocycles. The van der Waals surface area contributed by atoms with Crippen LogP contribution in [0.2, 0.25) is 0 Å². The Balaban J connectivity index is 1.33. The van der Waals surface area contributed by atoms with Gasteiger partial charge in [-0.25, -0.2) is 14.0 Å². The van der Waals surface area contributed by atoms with E-state index in [0.29, 0.717) is 19.8 Å². The zero-order valence-electron chi connectivity index (χ0n) is 17.8. The summed E-state index contributed by atoms with van der Waals surface area (Å²) >= 11 is 1.15. The Morgan fingerprint density at radius 2 is 1.76 bits per heavy atom. The number of aliphatic hydroxyl groups excluding tert-OH is 1. The highest BCUT2D eigenvalue weighted by atomic mass is 32.2. The number of hydrogen-bond donors (Lipinski definition) is 2. The van der Waals surface area contributed by atoms with Gasteiger partial charge in [0.25, 0.3) is 5.91 Å². The molecule has 2 N–H and O–H groups in total. The molecule has 0 radical (unpaired) electrons. The van der Waals surface area contributed by atoms with E-state index in [2.05, 4.69) is 10.3 Å². The van der Waals surface area contributed by atoms with E-state index in [0.717, 1.165) is 43.4 Å². The third-order valence-electron chi connectivity index (χ3n) is 5.52. The van der Waals surface area contributed by atoms with E-state index in [1.807, 2.05) is 18.2 Å². The molecular weight excluding hydrogens is 460 g/mol. The van der Waals surface area contributed by atoms with Gasteiger partial charge in [-0.1, -0.05) is 48.8 Å². The second-order valence-corrected chi connectivity index (χ2v) is 10.5. The van der Waals surface area contributed by atoms with Crippen LogP contribution in [0.25, 0.3) is 0 Å². The lowest BCUT2D eigenvalue weighted by Gasteiger charge is -2.25. The van der Waals surface area contributed by atoms with Crippen LogP contribution in [0.5, 0.6) is 5.75 Å². The minimum atomic E-state index is -1.36. The number of amides is 1. The maximum absolute atomic E-state index is 12.6. The summed E-state index contributed by atoms with van der Waals surface area (Å²) in [5.74, 6) is -0.848. The Kier molecular flexibility index (Phi) is 7.64. The van der Waals surface area contributed by atoms with Gasteiger partial charge < -0.3 is 9.84 Å². The predicted octanol–water partition coefficient (Wildman–Crippen LogP) is 4.41. The van der Waals surface area contributed by atoms with Gasteiger partial charge in [-0.2, -0.15) is 0 Å². The standard InChI is InChI=1S/C24H24N2O5S2/c27-21(16-7-3-1-4-8-16)23(29)31-18-13-11-17(12-14-18)22(28)26-24-25-15-20(32-24)33(30)19-9-5-2-6-10-19/h2,5-6,9-16,21,27H,1,3-4,7-8H2,(H,25,26,28)/t21-,33?/m0/s1. The summed E-state index contributed by atoms with van der Waals surface area (Å²) < 4.78 is 18.4. The zero-order valence-corrected chi connectivity index (χ0v) is 19.4. The molecule has 1 heterocycles. The largest absolute Gasteiger partial charge is 0.425 e. The number of aromatic nitrogens is 1.